The van der Waals surface area contributed by atoms with Crippen LogP contribution in [-0.4, -0.2) is 34.9 Å². The van der Waals surface area contributed by atoms with Crippen molar-refractivity contribution in [1.29, 1.82) is 0 Å². The molecule has 0 unspecified atom stereocenters. The van der Waals surface area contributed by atoms with Crippen LogP contribution in [0.4, 0.5) is 5.69 Å². The van der Waals surface area contributed by atoms with Gasteiger partial charge >= 0.3 is 0 Å². The van der Waals surface area contributed by atoms with Crippen LogP contribution in [0.3, 0.4) is 0 Å². The first-order valence-electron chi connectivity index (χ1n) is 10.5. The van der Waals surface area contributed by atoms with Gasteiger partial charge in [-0.2, -0.15) is 0 Å². The number of anilines is 1. The maximum Gasteiger partial charge on any atom is 0.203 e. The molecule has 2 aromatic carbocycles. The molecule has 162 valence electrons. The number of methoxy groups -OCH3 is 3. The van der Waals surface area contributed by atoms with Gasteiger partial charge in [-0.25, -0.2) is 0 Å². The zero-order chi connectivity index (χ0) is 21.7. The third kappa shape index (κ3) is 4.10. The van der Waals surface area contributed by atoms with Crippen LogP contribution in [0, 0.1) is 0 Å². The zero-order valence-electron chi connectivity index (χ0n) is 18.6. The Bertz CT molecular complexity index is 959. The fraction of sp³-hybridized carbons (Fsp3) is 0.458. The number of aryl methyl sites for hydroxylation is 1. The van der Waals surface area contributed by atoms with Gasteiger partial charge in [-0.3, -0.25) is 4.79 Å². The number of unbranched alkanes of at least 4 members (excludes halogenated alkanes) is 1. The molecule has 30 heavy (non-hydrogen) atoms. The van der Waals surface area contributed by atoms with Gasteiger partial charge in [0, 0.05) is 18.2 Å². The number of benzene rings is 1. The molecule has 0 saturated heterocycles. The normalized spacial score (nSPS) is 14.9. The molecule has 0 radical (unpaired) electrons. The van der Waals surface area contributed by atoms with E-state index in [2.05, 4.69) is 17.6 Å². The summed E-state index contributed by atoms with van der Waals surface area (Å²) in [5, 5.41) is 6.67. The van der Waals surface area contributed by atoms with E-state index in [1.54, 1.807) is 27.4 Å². The summed E-state index contributed by atoms with van der Waals surface area (Å²) < 4.78 is 17.0. The SMILES string of the molecule is CCCCNc1ccc2c(cc1=O)[C@@H](NC)CCc1cc(OC)c(OC)c(OC)c1-2. The van der Waals surface area contributed by atoms with Crippen molar-refractivity contribution < 1.29 is 14.2 Å². The van der Waals surface area contributed by atoms with Gasteiger partial charge in [0.15, 0.2) is 11.5 Å². The lowest BCUT2D eigenvalue weighted by Crippen LogP contribution is -2.18. The minimum atomic E-state index is -0.00417. The Hall–Kier alpha value is -2.73. The Morgan fingerprint density at radius 3 is 2.47 bits per heavy atom. The van der Waals surface area contributed by atoms with Crippen LogP contribution >= 0.6 is 0 Å². The minimum Gasteiger partial charge on any atom is -0.493 e. The maximum atomic E-state index is 13.0. The summed E-state index contributed by atoms with van der Waals surface area (Å²) in [7, 11) is 6.80. The summed E-state index contributed by atoms with van der Waals surface area (Å²) in [5.41, 5.74) is 4.62. The number of ether oxygens (including phenoxy) is 3. The highest BCUT2D eigenvalue weighted by atomic mass is 16.5. The van der Waals surface area contributed by atoms with E-state index < -0.39 is 0 Å². The third-order valence-electron chi connectivity index (χ3n) is 5.73. The molecule has 0 fully saturated rings. The second kappa shape index (κ2) is 9.85. The fourth-order valence-corrected chi connectivity index (χ4v) is 4.16. The third-order valence-corrected chi connectivity index (χ3v) is 5.73. The van der Waals surface area contributed by atoms with Gasteiger partial charge in [0.1, 0.15) is 0 Å². The topological polar surface area (TPSA) is 68.8 Å². The van der Waals surface area contributed by atoms with Crippen LogP contribution in [0.1, 0.15) is 43.4 Å². The molecule has 0 aromatic heterocycles. The summed E-state index contributed by atoms with van der Waals surface area (Å²) >= 11 is 0. The van der Waals surface area contributed by atoms with E-state index in [9.17, 15) is 4.79 Å². The molecule has 0 heterocycles. The number of fused-ring (bicyclic) bond motifs is 3. The molecule has 1 atom stereocenters. The van der Waals surface area contributed by atoms with Crippen molar-refractivity contribution in [3.05, 3.63) is 45.6 Å². The molecule has 0 saturated carbocycles. The van der Waals surface area contributed by atoms with Gasteiger partial charge in [0.05, 0.1) is 27.0 Å². The van der Waals surface area contributed by atoms with E-state index in [-0.39, 0.29) is 11.5 Å². The van der Waals surface area contributed by atoms with Crippen LogP contribution in [0.5, 0.6) is 17.2 Å². The lowest BCUT2D eigenvalue weighted by molar-refractivity contribution is 0.324. The predicted molar refractivity (Wildman–Crippen MR) is 121 cm³/mol. The van der Waals surface area contributed by atoms with Gasteiger partial charge in [0.2, 0.25) is 11.2 Å². The molecule has 0 amide bonds. The van der Waals surface area contributed by atoms with Crippen molar-refractivity contribution in [2.45, 2.75) is 38.6 Å². The highest BCUT2D eigenvalue weighted by Crippen LogP contribution is 2.50. The largest absolute Gasteiger partial charge is 0.493 e. The van der Waals surface area contributed by atoms with Gasteiger partial charge in [0.25, 0.3) is 0 Å². The molecule has 6 nitrogen and oxygen atoms in total. The summed E-state index contributed by atoms with van der Waals surface area (Å²) in [6.07, 6.45) is 3.78. The monoisotopic (exact) mass is 412 g/mol. The summed E-state index contributed by atoms with van der Waals surface area (Å²) in [6.45, 7) is 2.91. The molecule has 1 aliphatic rings. The van der Waals surface area contributed by atoms with Crippen molar-refractivity contribution >= 4 is 5.69 Å². The fourth-order valence-electron chi connectivity index (χ4n) is 4.16. The van der Waals surface area contributed by atoms with E-state index in [0.717, 1.165) is 54.5 Å². The minimum absolute atomic E-state index is 0.00417. The molecular formula is C24H32N2O4. The first-order chi connectivity index (χ1) is 14.6. The van der Waals surface area contributed by atoms with Crippen LogP contribution in [-0.2, 0) is 6.42 Å². The molecule has 1 aliphatic carbocycles. The Morgan fingerprint density at radius 1 is 1.07 bits per heavy atom. The number of nitrogens with one attached hydrogen (secondary N) is 2. The predicted octanol–water partition coefficient (Wildman–Crippen LogP) is 4.16. The molecule has 3 rings (SSSR count). The Labute approximate surface area is 178 Å². The lowest BCUT2D eigenvalue weighted by atomic mass is 9.95. The van der Waals surface area contributed by atoms with E-state index in [1.807, 2.05) is 25.2 Å². The summed E-state index contributed by atoms with van der Waals surface area (Å²) in [6, 6.07) is 7.74. The van der Waals surface area contributed by atoms with Gasteiger partial charge in [-0.05, 0) is 61.2 Å². The van der Waals surface area contributed by atoms with E-state index >= 15 is 0 Å². The molecule has 0 aliphatic heterocycles. The molecule has 0 bridgehead atoms. The van der Waals surface area contributed by atoms with Crippen molar-refractivity contribution in [3.8, 4) is 28.4 Å². The highest BCUT2D eigenvalue weighted by molar-refractivity contribution is 5.83. The second-order valence-electron chi connectivity index (χ2n) is 7.46. The highest BCUT2D eigenvalue weighted by Gasteiger charge is 2.28. The Kier molecular flexibility index (Phi) is 7.21. The van der Waals surface area contributed by atoms with Crippen molar-refractivity contribution in [3.63, 3.8) is 0 Å². The van der Waals surface area contributed by atoms with Crippen LogP contribution in [0.2, 0.25) is 0 Å². The summed E-state index contributed by atoms with van der Waals surface area (Å²) in [5.74, 6) is 1.83. The standard InChI is InChI=1S/C24H32N2O4/c1-6-7-12-26-19-11-9-16-17(14-20(19)27)18(25-2)10-8-15-13-21(28-3)23(29-4)24(30-5)22(15)16/h9,11,13-14,18,25H,6-8,10,12H2,1-5H3,(H,26,27)/t18-/m0/s1. The van der Waals surface area contributed by atoms with E-state index in [0.29, 0.717) is 22.9 Å². The van der Waals surface area contributed by atoms with Crippen molar-refractivity contribution in [2.75, 3.05) is 40.2 Å². The molecule has 2 aromatic rings. The summed E-state index contributed by atoms with van der Waals surface area (Å²) in [4.78, 5) is 13.0. The van der Waals surface area contributed by atoms with E-state index in [1.165, 1.54) is 0 Å². The quantitative estimate of drug-likeness (QED) is 0.635. The van der Waals surface area contributed by atoms with Gasteiger partial charge in [-0.15, -0.1) is 0 Å². The van der Waals surface area contributed by atoms with Gasteiger partial charge < -0.3 is 24.8 Å². The average molecular weight is 413 g/mol. The average Bonchev–Trinajstić information content (AvgIpc) is 3.01. The smallest absolute Gasteiger partial charge is 0.203 e. The Balaban J connectivity index is 2.29. The Morgan fingerprint density at radius 2 is 1.83 bits per heavy atom. The van der Waals surface area contributed by atoms with Crippen LogP contribution in [0.25, 0.3) is 11.1 Å². The van der Waals surface area contributed by atoms with Gasteiger partial charge in [-0.1, -0.05) is 19.4 Å². The van der Waals surface area contributed by atoms with Crippen LogP contribution < -0.4 is 30.3 Å². The second-order valence-corrected chi connectivity index (χ2v) is 7.46. The molecule has 6 heteroatoms. The van der Waals surface area contributed by atoms with E-state index in [4.69, 9.17) is 14.2 Å². The first kappa shape index (κ1) is 22.0. The van der Waals surface area contributed by atoms with Crippen LogP contribution in [0.15, 0.2) is 29.1 Å². The van der Waals surface area contributed by atoms with Crippen molar-refractivity contribution in [2.24, 2.45) is 0 Å². The first-order valence-corrected chi connectivity index (χ1v) is 10.5. The van der Waals surface area contributed by atoms with Crippen molar-refractivity contribution in [1.82, 2.24) is 5.32 Å². The zero-order valence-corrected chi connectivity index (χ0v) is 18.6. The number of hydrogen-bond donors (Lipinski definition) is 2. The molecule has 0 spiro atoms. The molecular weight excluding hydrogens is 380 g/mol. The number of hydrogen-bond acceptors (Lipinski definition) is 6. The lowest BCUT2D eigenvalue weighted by Gasteiger charge is -2.19. The maximum absolute atomic E-state index is 13.0. The molecule has 2 N–H and O–H groups in total. The number of rotatable bonds is 8.